The molecule has 2 fully saturated rings. The summed E-state index contributed by atoms with van der Waals surface area (Å²) in [6.45, 7) is 2.94. The number of carbonyl (C=O) groups is 2. The molecule has 0 aromatic carbocycles. The minimum atomic E-state index is -0.437. The molecule has 0 radical (unpaired) electrons. The first-order valence-electron chi connectivity index (χ1n) is 8.05. The van der Waals surface area contributed by atoms with Crippen LogP contribution < -0.4 is 5.32 Å². The number of methoxy groups -OCH3 is 1. The zero-order chi connectivity index (χ0) is 15.3. The number of ether oxygens (including phenoxy) is 2. The van der Waals surface area contributed by atoms with Crippen molar-refractivity contribution < 1.29 is 19.1 Å². The minimum Gasteiger partial charge on any atom is -0.469 e. The molecule has 21 heavy (non-hydrogen) atoms. The highest BCUT2D eigenvalue weighted by molar-refractivity contribution is 5.78. The monoisotopic (exact) mass is 297 g/mol. The number of amides is 1. The van der Waals surface area contributed by atoms with Gasteiger partial charge in [0.25, 0.3) is 0 Å². The molecule has 1 heterocycles. The molecule has 1 saturated heterocycles. The van der Waals surface area contributed by atoms with Gasteiger partial charge in [0, 0.05) is 6.42 Å². The molecule has 0 bridgehead atoms. The van der Waals surface area contributed by atoms with E-state index in [0.717, 1.165) is 51.6 Å². The molecule has 2 rings (SSSR count). The first-order valence-corrected chi connectivity index (χ1v) is 8.05. The topological polar surface area (TPSA) is 67.9 Å². The fourth-order valence-corrected chi connectivity index (χ4v) is 3.16. The van der Waals surface area contributed by atoms with Crippen molar-refractivity contribution in [2.24, 2.45) is 0 Å². The van der Waals surface area contributed by atoms with Crippen LogP contribution >= 0.6 is 0 Å². The molecular weight excluding hydrogens is 270 g/mol. The van der Waals surface area contributed by atoms with E-state index in [1.165, 1.54) is 7.11 Å². The van der Waals surface area contributed by atoms with Crippen LogP contribution in [0.2, 0.25) is 0 Å². The largest absolute Gasteiger partial charge is 0.469 e. The second-order valence-electron chi connectivity index (χ2n) is 6.51. The molecule has 0 atom stereocenters. The standard InChI is InChI=1S/C16H27NO4/c1-3-4-5-6-13(18)17-15(11-14(19)20-2)7-9-16(10-8-15)12-21-16/h3-12H2,1-2H3,(H,17,18). The Bertz CT molecular complexity index is 380. The number of nitrogens with one attached hydrogen (secondary N) is 1. The zero-order valence-corrected chi connectivity index (χ0v) is 13.2. The van der Waals surface area contributed by atoms with Gasteiger partial charge in [0.2, 0.25) is 5.91 Å². The van der Waals surface area contributed by atoms with E-state index in [4.69, 9.17) is 9.47 Å². The number of hydrogen-bond donors (Lipinski definition) is 1. The van der Waals surface area contributed by atoms with Gasteiger partial charge in [-0.3, -0.25) is 9.59 Å². The van der Waals surface area contributed by atoms with Gasteiger partial charge in [-0.2, -0.15) is 0 Å². The molecular formula is C16H27NO4. The van der Waals surface area contributed by atoms with E-state index in [0.29, 0.717) is 6.42 Å². The average molecular weight is 297 g/mol. The van der Waals surface area contributed by atoms with E-state index in [1.807, 2.05) is 0 Å². The molecule has 1 N–H and O–H groups in total. The highest BCUT2D eigenvalue weighted by Crippen LogP contribution is 2.46. The van der Waals surface area contributed by atoms with E-state index < -0.39 is 5.54 Å². The van der Waals surface area contributed by atoms with Gasteiger partial charge in [-0.25, -0.2) is 0 Å². The average Bonchev–Trinajstić information content (AvgIpc) is 3.23. The number of esters is 1. The van der Waals surface area contributed by atoms with Crippen molar-refractivity contribution in [3.63, 3.8) is 0 Å². The Morgan fingerprint density at radius 2 is 1.86 bits per heavy atom. The molecule has 1 aliphatic heterocycles. The van der Waals surface area contributed by atoms with Gasteiger partial charge in [0.15, 0.2) is 0 Å². The lowest BCUT2D eigenvalue weighted by Crippen LogP contribution is -2.53. The van der Waals surface area contributed by atoms with Crippen LogP contribution in [0.1, 0.15) is 64.7 Å². The molecule has 5 heteroatoms. The van der Waals surface area contributed by atoms with Crippen molar-refractivity contribution in [2.45, 2.75) is 75.9 Å². The molecule has 0 aromatic rings. The van der Waals surface area contributed by atoms with Gasteiger partial charge in [0.1, 0.15) is 0 Å². The van der Waals surface area contributed by atoms with E-state index in [9.17, 15) is 9.59 Å². The molecule has 5 nitrogen and oxygen atoms in total. The molecule has 0 unspecified atom stereocenters. The number of unbranched alkanes of at least 4 members (excludes halogenated alkanes) is 2. The summed E-state index contributed by atoms with van der Waals surface area (Å²) >= 11 is 0. The molecule has 2 aliphatic rings. The van der Waals surface area contributed by atoms with Crippen molar-refractivity contribution >= 4 is 11.9 Å². The molecule has 120 valence electrons. The van der Waals surface area contributed by atoms with Crippen LogP contribution in [0.4, 0.5) is 0 Å². The Morgan fingerprint density at radius 3 is 2.38 bits per heavy atom. The van der Waals surface area contributed by atoms with Crippen molar-refractivity contribution in [3.8, 4) is 0 Å². The highest BCUT2D eigenvalue weighted by Gasteiger charge is 2.52. The van der Waals surface area contributed by atoms with Gasteiger partial charge in [-0.15, -0.1) is 0 Å². The van der Waals surface area contributed by atoms with Crippen LogP contribution in [0.25, 0.3) is 0 Å². The third kappa shape index (κ3) is 4.43. The molecule has 1 amide bonds. The maximum absolute atomic E-state index is 12.1. The summed E-state index contributed by atoms with van der Waals surface area (Å²) in [7, 11) is 1.40. The minimum absolute atomic E-state index is 0.0482. The van der Waals surface area contributed by atoms with Crippen molar-refractivity contribution in [3.05, 3.63) is 0 Å². The molecule has 0 aromatic heterocycles. The van der Waals surface area contributed by atoms with Crippen LogP contribution in [-0.2, 0) is 19.1 Å². The van der Waals surface area contributed by atoms with Crippen LogP contribution in [0, 0.1) is 0 Å². The summed E-state index contributed by atoms with van der Waals surface area (Å²) < 4.78 is 10.3. The third-order valence-corrected chi connectivity index (χ3v) is 4.79. The first-order chi connectivity index (χ1) is 10.0. The summed E-state index contributed by atoms with van der Waals surface area (Å²) in [6.07, 6.45) is 7.29. The van der Waals surface area contributed by atoms with Crippen molar-refractivity contribution in [1.82, 2.24) is 5.32 Å². The van der Waals surface area contributed by atoms with Gasteiger partial charge in [-0.1, -0.05) is 19.8 Å². The zero-order valence-electron chi connectivity index (χ0n) is 13.2. The normalized spacial score (nSPS) is 31.0. The maximum Gasteiger partial charge on any atom is 0.307 e. The summed E-state index contributed by atoms with van der Waals surface area (Å²) in [5.74, 6) is -0.198. The lowest BCUT2D eigenvalue weighted by atomic mass is 9.74. The van der Waals surface area contributed by atoms with Gasteiger partial charge >= 0.3 is 5.97 Å². The maximum atomic E-state index is 12.1. The molecule has 1 aliphatic carbocycles. The van der Waals surface area contributed by atoms with Crippen LogP contribution in [-0.4, -0.2) is 36.7 Å². The van der Waals surface area contributed by atoms with E-state index in [2.05, 4.69) is 12.2 Å². The smallest absolute Gasteiger partial charge is 0.307 e. The Hall–Kier alpha value is -1.10. The Morgan fingerprint density at radius 1 is 1.19 bits per heavy atom. The fraction of sp³-hybridized carbons (Fsp3) is 0.875. The predicted octanol–water partition coefficient (Wildman–Crippen LogP) is 2.33. The fourth-order valence-electron chi connectivity index (χ4n) is 3.16. The predicted molar refractivity (Wildman–Crippen MR) is 78.8 cm³/mol. The van der Waals surface area contributed by atoms with E-state index in [-0.39, 0.29) is 23.9 Å². The van der Waals surface area contributed by atoms with Gasteiger partial charge < -0.3 is 14.8 Å². The second-order valence-corrected chi connectivity index (χ2v) is 6.51. The molecule has 1 saturated carbocycles. The lowest BCUT2D eigenvalue weighted by molar-refractivity contribution is -0.143. The second kappa shape index (κ2) is 6.77. The first kappa shape index (κ1) is 16.3. The lowest BCUT2D eigenvalue weighted by Gasteiger charge is -2.39. The SMILES string of the molecule is CCCCCC(=O)NC1(CC(=O)OC)CCC2(CC1)CO2. The number of hydrogen-bond acceptors (Lipinski definition) is 4. The quantitative estimate of drug-likeness (QED) is 0.445. The number of carbonyl (C=O) groups excluding carboxylic acids is 2. The Kier molecular flexibility index (Phi) is 5.25. The summed E-state index contributed by atoms with van der Waals surface area (Å²) in [5.41, 5.74) is -0.389. The summed E-state index contributed by atoms with van der Waals surface area (Å²) in [6, 6.07) is 0. The van der Waals surface area contributed by atoms with Crippen LogP contribution in [0.3, 0.4) is 0 Å². The van der Waals surface area contributed by atoms with Gasteiger partial charge in [0.05, 0.1) is 31.3 Å². The highest BCUT2D eigenvalue weighted by atomic mass is 16.6. The Balaban J connectivity index is 1.91. The van der Waals surface area contributed by atoms with Crippen LogP contribution in [0.15, 0.2) is 0 Å². The summed E-state index contributed by atoms with van der Waals surface area (Å²) in [5, 5.41) is 3.13. The third-order valence-electron chi connectivity index (χ3n) is 4.79. The molecule has 1 spiro atoms. The summed E-state index contributed by atoms with van der Waals surface area (Å²) in [4.78, 5) is 23.8. The number of epoxide rings is 1. The van der Waals surface area contributed by atoms with Crippen LogP contribution in [0.5, 0.6) is 0 Å². The van der Waals surface area contributed by atoms with Crippen molar-refractivity contribution in [1.29, 1.82) is 0 Å². The van der Waals surface area contributed by atoms with Crippen molar-refractivity contribution in [2.75, 3.05) is 13.7 Å². The Labute approximate surface area is 126 Å². The van der Waals surface area contributed by atoms with E-state index >= 15 is 0 Å². The number of rotatable bonds is 7. The van der Waals surface area contributed by atoms with Gasteiger partial charge in [-0.05, 0) is 32.1 Å². The van der Waals surface area contributed by atoms with E-state index in [1.54, 1.807) is 0 Å².